The summed E-state index contributed by atoms with van der Waals surface area (Å²) in [5.74, 6) is 0.474. The number of rotatable bonds is 5. The molecule has 2 N–H and O–H groups in total. The first-order valence-electron chi connectivity index (χ1n) is 9.77. The van der Waals surface area contributed by atoms with E-state index in [9.17, 15) is 14.0 Å². The molecule has 150 valence electrons. The largest absolute Gasteiger partial charge is 0.340 e. The summed E-state index contributed by atoms with van der Waals surface area (Å²) in [6, 6.07) is 4.29. The summed E-state index contributed by atoms with van der Waals surface area (Å²) in [4.78, 5) is 38.7. The SMILES string of the molecule is O=C(Nc1nc(CC(=O)N2CCCC2c2nc3ccc(F)cc3[nH]2)cs1)C1CC1. The van der Waals surface area contributed by atoms with Crippen molar-refractivity contribution in [1.82, 2.24) is 19.9 Å². The van der Waals surface area contributed by atoms with Crippen LogP contribution >= 0.6 is 11.3 Å². The van der Waals surface area contributed by atoms with Gasteiger partial charge in [0.1, 0.15) is 11.6 Å². The molecule has 5 rings (SSSR count). The second kappa shape index (κ2) is 7.22. The van der Waals surface area contributed by atoms with E-state index in [1.807, 2.05) is 10.3 Å². The van der Waals surface area contributed by atoms with E-state index >= 15 is 0 Å². The number of H-pyrrole nitrogens is 1. The average molecular weight is 413 g/mol. The van der Waals surface area contributed by atoms with Gasteiger partial charge in [0, 0.05) is 17.8 Å². The Hall–Kier alpha value is -2.81. The molecule has 9 heteroatoms. The number of carbonyl (C=O) groups is 2. The minimum Gasteiger partial charge on any atom is -0.340 e. The monoisotopic (exact) mass is 413 g/mol. The van der Waals surface area contributed by atoms with Gasteiger partial charge in [-0.15, -0.1) is 11.3 Å². The van der Waals surface area contributed by atoms with E-state index in [-0.39, 0.29) is 36.0 Å². The maximum Gasteiger partial charge on any atom is 0.229 e. The Morgan fingerprint density at radius 3 is 2.97 bits per heavy atom. The van der Waals surface area contributed by atoms with Crippen molar-refractivity contribution in [1.29, 1.82) is 0 Å². The first-order chi connectivity index (χ1) is 14.1. The normalized spacial score (nSPS) is 19.1. The summed E-state index contributed by atoms with van der Waals surface area (Å²) >= 11 is 1.34. The van der Waals surface area contributed by atoms with Gasteiger partial charge < -0.3 is 15.2 Å². The van der Waals surface area contributed by atoms with E-state index in [0.717, 1.165) is 25.7 Å². The van der Waals surface area contributed by atoms with Gasteiger partial charge >= 0.3 is 0 Å². The van der Waals surface area contributed by atoms with Crippen LogP contribution in [0.3, 0.4) is 0 Å². The van der Waals surface area contributed by atoms with Crippen LogP contribution in [0.4, 0.5) is 9.52 Å². The lowest BCUT2D eigenvalue weighted by atomic mass is 10.2. The Balaban J connectivity index is 1.28. The van der Waals surface area contributed by atoms with Gasteiger partial charge in [-0.3, -0.25) is 9.59 Å². The van der Waals surface area contributed by atoms with Crippen LogP contribution in [0.25, 0.3) is 11.0 Å². The lowest BCUT2D eigenvalue weighted by Gasteiger charge is -2.22. The number of fused-ring (bicyclic) bond motifs is 1. The Kier molecular flexibility index (Phi) is 4.54. The van der Waals surface area contributed by atoms with Gasteiger partial charge in [0.05, 0.1) is 29.2 Å². The fourth-order valence-electron chi connectivity index (χ4n) is 3.76. The second-order valence-electron chi connectivity index (χ2n) is 7.61. The number of nitrogens with zero attached hydrogens (tertiary/aromatic N) is 3. The molecular weight excluding hydrogens is 393 g/mol. The van der Waals surface area contributed by atoms with Gasteiger partial charge in [-0.1, -0.05) is 0 Å². The molecule has 1 unspecified atom stereocenters. The fourth-order valence-corrected chi connectivity index (χ4v) is 4.48. The summed E-state index contributed by atoms with van der Waals surface area (Å²) in [6.07, 6.45) is 3.76. The summed E-state index contributed by atoms with van der Waals surface area (Å²) in [6.45, 7) is 0.657. The number of hydrogen-bond acceptors (Lipinski definition) is 5. The first-order valence-corrected chi connectivity index (χ1v) is 10.6. The minimum atomic E-state index is -0.319. The van der Waals surface area contributed by atoms with Crippen LogP contribution in [-0.4, -0.2) is 38.2 Å². The topological polar surface area (TPSA) is 91.0 Å². The Bertz CT molecular complexity index is 1090. The van der Waals surface area contributed by atoms with Crippen molar-refractivity contribution < 1.29 is 14.0 Å². The molecule has 1 atom stereocenters. The van der Waals surface area contributed by atoms with Crippen LogP contribution in [0.5, 0.6) is 0 Å². The summed E-state index contributed by atoms with van der Waals surface area (Å²) in [5.41, 5.74) is 1.98. The van der Waals surface area contributed by atoms with Gasteiger partial charge in [-0.25, -0.2) is 14.4 Å². The van der Waals surface area contributed by atoms with Gasteiger partial charge in [-0.05, 0) is 43.9 Å². The number of likely N-dealkylation sites (tertiary alicyclic amines) is 1. The lowest BCUT2D eigenvalue weighted by molar-refractivity contribution is -0.131. The van der Waals surface area contributed by atoms with E-state index in [4.69, 9.17) is 0 Å². The molecule has 29 heavy (non-hydrogen) atoms. The van der Waals surface area contributed by atoms with E-state index in [1.54, 1.807) is 6.07 Å². The maximum absolute atomic E-state index is 13.5. The van der Waals surface area contributed by atoms with E-state index in [0.29, 0.717) is 34.2 Å². The molecule has 2 aliphatic rings. The van der Waals surface area contributed by atoms with Crippen LogP contribution in [0.15, 0.2) is 23.6 Å². The van der Waals surface area contributed by atoms with E-state index in [2.05, 4.69) is 20.3 Å². The molecule has 1 aromatic carbocycles. The van der Waals surface area contributed by atoms with Crippen molar-refractivity contribution in [2.45, 2.75) is 38.1 Å². The second-order valence-corrected chi connectivity index (χ2v) is 8.47. The Labute approximate surface area is 170 Å². The third kappa shape index (κ3) is 3.74. The van der Waals surface area contributed by atoms with Crippen LogP contribution < -0.4 is 5.32 Å². The third-order valence-electron chi connectivity index (χ3n) is 5.41. The standard InChI is InChI=1S/C20H20FN5O2S/c21-12-5-6-14-15(8-12)24-18(23-14)16-2-1-7-26(16)17(27)9-13-10-29-20(22-13)25-19(28)11-3-4-11/h5-6,8,10-11,16H,1-4,7,9H2,(H,23,24)(H,22,25,28). The van der Waals surface area contributed by atoms with Crippen LogP contribution in [0, 0.1) is 11.7 Å². The number of nitrogens with one attached hydrogen (secondary N) is 2. The quantitative estimate of drug-likeness (QED) is 0.671. The van der Waals surface area contributed by atoms with Gasteiger partial charge in [0.2, 0.25) is 11.8 Å². The van der Waals surface area contributed by atoms with Crippen molar-refractivity contribution in [3.05, 3.63) is 40.9 Å². The van der Waals surface area contributed by atoms with Crippen molar-refractivity contribution in [3.8, 4) is 0 Å². The summed E-state index contributed by atoms with van der Waals surface area (Å²) in [7, 11) is 0. The molecule has 1 saturated carbocycles. The highest BCUT2D eigenvalue weighted by molar-refractivity contribution is 7.13. The number of aromatic nitrogens is 3. The molecule has 1 saturated heterocycles. The lowest BCUT2D eigenvalue weighted by Crippen LogP contribution is -2.32. The molecular formula is C20H20FN5O2S. The predicted molar refractivity (Wildman–Crippen MR) is 107 cm³/mol. The summed E-state index contributed by atoms with van der Waals surface area (Å²) < 4.78 is 13.5. The molecule has 3 heterocycles. The third-order valence-corrected chi connectivity index (χ3v) is 6.22. The zero-order valence-electron chi connectivity index (χ0n) is 15.7. The fraction of sp³-hybridized carbons (Fsp3) is 0.400. The molecule has 1 aliphatic carbocycles. The minimum absolute atomic E-state index is 0.0122. The Morgan fingerprint density at radius 2 is 2.14 bits per heavy atom. The molecule has 2 amide bonds. The highest BCUT2D eigenvalue weighted by Crippen LogP contribution is 2.33. The van der Waals surface area contributed by atoms with Crippen molar-refractivity contribution >= 4 is 39.3 Å². The van der Waals surface area contributed by atoms with Crippen molar-refractivity contribution in [2.24, 2.45) is 5.92 Å². The number of thiazole rings is 1. The van der Waals surface area contributed by atoms with Gasteiger partial charge in [0.25, 0.3) is 0 Å². The number of amides is 2. The number of carbonyl (C=O) groups excluding carboxylic acids is 2. The highest BCUT2D eigenvalue weighted by Gasteiger charge is 2.33. The number of benzene rings is 1. The summed E-state index contributed by atoms with van der Waals surface area (Å²) in [5, 5.41) is 5.18. The van der Waals surface area contributed by atoms with E-state index < -0.39 is 0 Å². The molecule has 0 spiro atoms. The first kappa shape index (κ1) is 18.2. The van der Waals surface area contributed by atoms with Gasteiger partial charge in [0.15, 0.2) is 5.13 Å². The van der Waals surface area contributed by atoms with Crippen LogP contribution in [0.2, 0.25) is 0 Å². The van der Waals surface area contributed by atoms with Crippen LogP contribution in [-0.2, 0) is 16.0 Å². The number of anilines is 1. The molecule has 1 aliphatic heterocycles. The molecule has 0 radical (unpaired) electrons. The maximum atomic E-state index is 13.5. The van der Waals surface area contributed by atoms with Crippen molar-refractivity contribution in [3.63, 3.8) is 0 Å². The zero-order chi connectivity index (χ0) is 20.0. The molecule has 2 fully saturated rings. The predicted octanol–water partition coefficient (Wildman–Crippen LogP) is 3.41. The van der Waals surface area contributed by atoms with E-state index in [1.165, 1.54) is 23.5 Å². The zero-order valence-corrected chi connectivity index (χ0v) is 16.5. The number of aromatic amines is 1. The van der Waals surface area contributed by atoms with Crippen molar-refractivity contribution in [2.75, 3.05) is 11.9 Å². The molecule has 0 bridgehead atoms. The number of imidazole rings is 1. The number of halogens is 1. The smallest absolute Gasteiger partial charge is 0.229 e. The molecule has 3 aromatic rings. The Morgan fingerprint density at radius 1 is 1.28 bits per heavy atom. The van der Waals surface area contributed by atoms with Crippen LogP contribution in [0.1, 0.15) is 43.2 Å². The van der Waals surface area contributed by atoms with Gasteiger partial charge in [-0.2, -0.15) is 0 Å². The highest BCUT2D eigenvalue weighted by atomic mass is 32.1. The number of hydrogen-bond donors (Lipinski definition) is 2. The molecule has 2 aromatic heterocycles. The average Bonchev–Trinajstić information content (AvgIpc) is 3.09. The molecule has 7 nitrogen and oxygen atoms in total.